The van der Waals surface area contributed by atoms with Crippen molar-refractivity contribution in [1.82, 2.24) is 0 Å². The van der Waals surface area contributed by atoms with Crippen molar-refractivity contribution in [1.29, 1.82) is 0 Å². The van der Waals surface area contributed by atoms with Gasteiger partial charge in [-0.05, 0) is 0 Å². The fraction of sp³-hybridized carbons (Fsp3) is 0.542. The van der Waals surface area contributed by atoms with Crippen LogP contribution >= 0.6 is 0 Å². The molecule has 5 heteroatoms. The van der Waals surface area contributed by atoms with Gasteiger partial charge in [0.1, 0.15) is 0 Å². The van der Waals surface area contributed by atoms with E-state index in [-0.39, 0.29) is 32.6 Å². The number of carbonyl (C=O) groups is 1. The third-order valence-electron chi connectivity index (χ3n) is 4.51. The molecule has 0 saturated heterocycles. The van der Waals surface area contributed by atoms with Crippen LogP contribution in [0.3, 0.4) is 0 Å². The number of hydrogen-bond donors (Lipinski definition) is 1. The molecule has 4 nitrogen and oxygen atoms in total. The summed E-state index contributed by atoms with van der Waals surface area (Å²) in [5.41, 5.74) is 3.24. The van der Waals surface area contributed by atoms with Gasteiger partial charge < -0.3 is 0 Å². The van der Waals surface area contributed by atoms with Crippen LogP contribution in [-0.4, -0.2) is 39.9 Å². The normalized spacial score (nSPS) is 12.7. The Morgan fingerprint density at radius 2 is 1.76 bits per heavy atom. The summed E-state index contributed by atoms with van der Waals surface area (Å²) in [6.45, 7) is 16.9. The van der Waals surface area contributed by atoms with E-state index < -0.39 is 5.97 Å². The quantitative estimate of drug-likeness (QED) is 0.294. The first-order valence-corrected chi connectivity index (χ1v) is 11.5. The van der Waals surface area contributed by atoms with Gasteiger partial charge in [-0.3, -0.25) is 0 Å². The number of aliphatic carboxylic acids is 1. The van der Waals surface area contributed by atoms with Gasteiger partial charge in [0.2, 0.25) is 0 Å². The standard InChI is InChI=1S/C24H34O4Se/c1-10-18(22(25)26)16(2)11-12-29-20-14-17(23(3,4)5)13-19(24(6,7)8)21(20)28-15-27-9/h13-14H,10,15H2,1-9H3,(H,25,26). The van der Waals surface area contributed by atoms with Crippen molar-refractivity contribution < 1.29 is 19.4 Å². The Bertz CT molecular complexity index is 827. The second-order valence-corrected chi connectivity index (χ2v) is 10.8. The number of allylic oxidation sites excluding steroid dienone is 1. The summed E-state index contributed by atoms with van der Waals surface area (Å²) >= 11 is -0.192. The molecule has 1 aromatic rings. The van der Waals surface area contributed by atoms with E-state index in [0.717, 1.165) is 15.8 Å². The molecule has 0 atom stereocenters. The van der Waals surface area contributed by atoms with Crippen LogP contribution in [0.2, 0.25) is 0 Å². The molecule has 0 aromatic heterocycles. The molecule has 0 radical (unpaired) electrons. The van der Waals surface area contributed by atoms with Crippen molar-refractivity contribution in [3.05, 3.63) is 34.4 Å². The van der Waals surface area contributed by atoms with Crippen molar-refractivity contribution in [3.8, 4) is 16.5 Å². The van der Waals surface area contributed by atoms with Crippen molar-refractivity contribution >= 4 is 25.4 Å². The Hall–Kier alpha value is -1.73. The molecule has 0 aliphatic rings. The van der Waals surface area contributed by atoms with E-state index in [4.69, 9.17) is 9.47 Å². The molecule has 0 saturated carbocycles. The number of benzene rings is 1. The van der Waals surface area contributed by atoms with Crippen molar-refractivity contribution in [2.75, 3.05) is 13.9 Å². The van der Waals surface area contributed by atoms with E-state index in [2.05, 4.69) is 64.4 Å². The van der Waals surface area contributed by atoms with Crippen LogP contribution in [0.25, 0.3) is 0 Å². The van der Waals surface area contributed by atoms with Crippen LogP contribution in [0, 0.1) is 10.7 Å². The molecule has 1 aromatic carbocycles. The van der Waals surface area contributed by atoms with Gasteiger partial charge in [0.25, 0.3) is 0 Å². The predicted octanol–water partition coefficient (Wildman–Crippen LogP) is 4.37. The van der Waals surface area contributed by atoms with Crippen molar-refractivity contribution in [3.63, 3.8) is 0 Å². The second kappa shape index (κ2) is 10.3. The van der Waals surface area contributed by atoms with E-state index >= 15 is 0 Å². The van der Waals surface area contributed by atoms with Crippen LogP contribution in [0.4, 0.5) is 0 Å². The Morgan fingerprint density at radius 3 is 2.21 bits per heavy atom. The Labute approximate surface area is 182 Å². The zero-order chi connectivity index (χ0) is 22.4. The molecule has 29 heavy (non-hydrogen) atoms. The number of ether oxygens (including phenoxy) is 2. The zero-order valence-electron chi connectivity index (χ0n) is 19.1. The van der Waals surface area contributed by atoms with Crippen LogP contribution in [0.1, 0.15) is 72.9 Å². The van der Waals surface area contributed by atoms with Gasteiger partial charge in [0.15, 0.2) is 0 Å². The molecule has 0 fully saturated rings. The fourth-order valence-electron chi connectivity index (χ4n) is 2.74. The second-order valence-electron chi connectivity index (χ2n) is 8.99. The van der Waals surface area contributed by atoms with Crippen molar-refractivity contribution in [2.45, 2.75) is 72.6 Å². The number of methoxy groups -OCH3 is 1. The Kier molecular flexibility index (Phi) is 9.03. The van der Waals surface area contributed by atoms with Gasteiger partial charge in [-0.2, -0.15) is 0 Å². The summed E-state index contributed by atoms with van der Waals surface area (Å²) in [6, 6.07) is 4.40. The van der Waals surface area contributed by atoms with Gasteiger partial charge in [-0.25, -0.2) is 0 Å². The third kappa shape index (κ3) is 7.23. The summed E-state index contributed by atoms with van der Waals surface area (Å²) in [4.78, 5) is 14.5. The van der Waals surface area contributed by atoms with Crippen molar-refractivity contribution in [2.24, 2.45) is 0 Å². The van der Waals surface area contributed by atoms with Crippen LogP contribution < -0.4 is 9.20 Å². The molecule has 0 amide bonds. The first-order chi connectivity index (χ1) is 13.3. The minimum absolute atomic E-state index is 0.00739. The number of rotatable bonds is 6. The van der Waals surface area contributed by atoms with Crippen LogP contribution in [0.15, 0.2) is 23.3 Å². The van der Waals surface area contributed by atoms with E-state index in [0.29, 0.717) is 17.6 Å². The van der Waals surface area contributed by atoms with Gasteiger partial charge in [0.05, 0.1) is 0 Å². The molecule has 160 valence electrons. The monoisotopic (exact) mass is 466 g/mol. The molecule has 0 spiro atoms. The first kappa shape index (κ1) is 25.3. The maximum absolute atomic E-state index is 11.3. The van der Waals surface area contributed by atoms with Gasteiger partial charge in [-0.1, -0.05) is 0 Å². The van der Waals surface area contributed by atoms with Gasteiger partial charge in [0, 0.05) is 0 Å². The Morgan fingerprint density at radius 1 is 1.14 bits per heavy atom. The topological polar surface area (TPSA) is 55.8 Å². The molecular formula is C24H34O4Se. The van der Waals surface area contributed by atoms with E-state index in [1.54, 1.807) is 14.0 Å². The maximum atomic E-state index is 11.3. The van der Waals surface area contributed by atoms with Gasteiger partial charge >= 0.3 is 182 Å². The minimum atomic E-state index is -0.902. The van der Waals surface area contributed by atoms with Crippen LogP contribution in [0.5, 0.6) is 5.75 Å². The summed E-state index contributed by atoms with van der Waals surface area (Å²) in [6.07, 6.45) is 0.457. The predicted molar refractivity (Wildman–Crippen MR) is 120 cm³/mol. The number of hydrogen-bond acceptors (Lipinski definition) is 3. The third-order valence-corrected chi connectivity index (χ3v) is 6.04. The SMILES string of the molecule is CCC(C(=O)O)=C(C)C#C[Se]c1cc(C(C)(C)C)cc(C(C)(C)C)c1OCOC. The average Bonchev–Trinajstić information content (AvgIpc) is 2.58. The molecule has 0 unspecified atom stereocenters. The molecule has 1 rings (SSSR count). The molecule has 0 bridgehead atoms. The summed E-state index contributed by atoms with van der Waals surface area (Å²) in [5, 5.41) is 9.30. The number of carboxylic acid groups (broad SMARTS) is 1. The van der Waals surface area contributed by atoms with E-state index in [1.165, 1.54) is 5.56 Å². The summed E-state index contributed by atoms with van der Waals surface area (Å²) in [5.74, 6) is 2.98. The van der Waals surface area contributed by atoms with E-state index in [1.807, 2.05) is 6.92 Å². The number of carboxylic acids is 1. The molecule has 0 heterocycles. The summed E-state index contributed by atoms with van der Waals surface area (Å²) in [7, 11) is 1.61. The summed E-state index contributed by atoms with van der Waals surface area (Å²) < 4.78 is 12.2. The molecule has 1 N–H and O–H groups in total. The van der Waals surface area contributed by atoms with Gasteiger partial charge in [-0.15, -0.1) is 0 Å². The van der Waals surface area contributed by atoms with E-state index in [9.17, 15) is 9.90 Å². The first-order valence-electron chi connectivity index (χ1n) is 9.74. The van der Waals surface area contributed by atoms with Crippen LogP contribution in [-0.2, 0) is 20.4 Å². The molecular weight excluding hydrogens is 431 g/mol. The zero-order valence-corrected chi connectivity index (χ0v) is 20.9. The fourth-order valence-corrected chi connectivity index (χ4v) is 4.34. The Balaban J connectivity index is 3.55. The average molecular weight is 465 g/mol. The molecule has 0 aliphatic carbocycles. The molecule has 0 aliphatic heterocycles.